The first-order valence-corrected chi connectivity index (χ1v) is 6.05. The van der Waals surface area contributed by atoms with Gasteiger partial charge in [0.05, 0.1) is 0 Å². The number of nitrogens with zero attached hydrogens (tertiary/aromatic N) is 2. The van der Waals surface area contributed by atoms with E-state index in [1.165, 1.54) is 0 Å². The smallest absolute Gasteiger partial charge is 0.185 e. The molecule has 1 N–H and O–H groups in total. The summed E-state index contributed by atoms with van der Waals surface area (Å²) in [5, 5.41) is 3.26. The van der Waals surface area contributed by atoms with Crippen molar-refractivity contribution in [3.63, 3.8) is 0 Å². The number of hydrogen-bond donors (Lipinski definition) is 1. The lowest BCUT2D eigenvalue weighted by atomic mass is 10.2. The molecule has 0 bridgehead atoms. The maximum absolute atomic E-state index is 10.6. The van der Waals surface area contributed by atoms with E-state index in [2.05, 4.69) is 15.3 Å². The van der Waals surface area contributed by atoms with Gasteiger partial charge in [0.1, 0.15) is 18.0 Å². The summed E-state index contributed by atoms with van der Waals surface area (Å²) in [6.45, 7) is 1.29. The van der Waals surface area contributed by atoms with Crippen molar-refractivity contribution in [1.29, 1.82) is 0 Å². The fourth-order valence-electron chi connectivity index (χ4n) is 2.04. The van der Waals surface area contributed by atoms with Crippen LogP contribution in [-0.4, -0.2) is 29.3 Å². The fourth-order valence-corrected chi connectivity index (χ4v) is 2.04. The Kier molecular flexibility index (Phi) is 3.35. The highest BCUT2D eigenvalue weighted by molar-refractivity contribution is 5.70. The van der Waals surface area contributed by atoms with Crippen molar-refractivity contribution in [1.82, 2.24) is 15.3 Å². The van der Waals surface area contributed by atoms with E-state index < -0.39 is 0 Å². The average molecular weight is 259 g/mol. The van der Waals surface area contributed by atoms with E-state index in [0.717, 1.165) is 0 Å². The summed E-state index contributed by atoms with van der Waals surface area (Å²) in [4.78, 5) is 19.0. The van der Waals surface area contributed by atoms with Gasteiger partial charge in [-0.15, -0.1) is 0 Å². The summed E-state index contributed by atoms with van der Waals surface area (Å²) in [7, 11) is 0. The quantitative estimate of drug-likeness (QED) is 0.837. The SMILES string of the molecule is O=Cc1ccc(C2CNCC(c3ncccn3)O2)o1. The number of hydrogen-bond acceptors (Lipinski definition) is 6. The Morgan fingerprint density at radius 1 is 1.21 bits per heavy atom. The molecule has 0 radical (unpaired) electrons. The molecule has 2 aromatic rings. The van der Waals surface area contributed by atoms with E-state index in [1.807, 2.05) is 0 Å². The highest BCUT2D eigenvalue weighted by atomic mass is 16.5. The van der Waals surface area contributed by atoms with E-state index >= 15 is 0 Å². The molecule has 1 fully saturated rings. The molecule has 0 amide bonds. The molecule has 0 saturated carbocycles. The first-order chi connectivity index (χ1) is 9.36. The van der Waals surface area contributed by atoms with Crippen LogP contribution >= 0.6 is 0 Å². The highest BCUT2D eigenvalue weighted by Crippen LogP contribution is 2.28. The van der Waals surface area contributed by atoms with Crippen molar-refractivity contribution in [3.8, 4) is 0 Å². The molecule has 3 heterocycles. The zero-order valence-electron chi connectivity index (χ0n) is 10.2. The van der Waals surface area contributed by atoms with Crippen LogP contribution in [-0.2, 0) is 4.74 Å². The second kappa shape index (κ2) is 5.29. The molecule has 6 nitrogen and oxygen atoms in total. The number of furan rings is 1. The Morgan fingerprint density at radius 3 is 2.74 bits per heavy atom. The third-order valence-corrected chi connectivity index (χ3v) is 2.94. The topological polar surface area (TPSA) is 77.2 Å². The summed E-state index contributed by atoms with van der Waals surface area (Å²) in [6.07, 6.45) is 3.60. The number of morpholine rings is 1. The van der Waals surface area contributed by atoms with Gasteiger partial charge < -0.3 is 14.5 Å². The van der Waals surface area contributed by atoms with Gasteiger partial charge in [-0.2, -0.15) is 0 Å². The predicted octanol–water partition coefficient (Wildman–Crippen LogP) is 1.28. The van der Waals surface area contributed by atoms with Crippen molar-refractivity contribution >= 4 is 6.29 Å². The highest BCUT2D eigenvalue weighted by Gasteiger charge is 2.28. The summed E-state index contributed by atoms with van der Waals surface area (Å²) in [6, 6.07) is 5.15. The van der Waals surface area contributed by atoms with Crippen molar-refractivity contribution in [2.75, 3.05) is 13.1 Å². The summed E-state index contributed by atoms with van der Waals surface area (Å²) in [5.74, 6) is 1.58. The minimum Gasteiger partial charge on any atom is -0.455 e. The average Bonchev–Trinajstić information content (AvgIpc) is 2.97. The first kappa shape index (κ1) is 12.0. The molecule has 6 heteroatoms. The molecular weight excluding hydrogens is 246 g/mol. The van der Waals surface area contributed by atoms with Crippen molar-refractivity contribution in [3.05, 3.63) is 47.9 Å². The Bertz CT molecular complexity index is 555. The van der Waals surface area contributed by atoms with Crippen LogP contribution in [0.1, 0.15) is 34.3 Å². The third kappa shape index (κ3) is 2.54. The molecule has 2 atom stereocenters. The normalized spacial score (nSPS) is 23.2. The van der Waals surface area contributed by atoms with Crippen LogP contribution in [0, 0.1) is 0 Å². The van der Waals surface area contributed by atoms with Gasteiger partial charge in [-0.1, -0.05) is 0 Å². The Labute approximate surface area is 109 Å². The Balaban J connectivity index is 1.76. The minimum absolute atomic E-state index is 0.218. The molecule has 98 valence electrons. The first-order valence-electron chi connectivity index (χ1n) is 6.05. The molecule has 19 heavy (non-hydrogen) atoms. The molecule has 0 spiro atoms. The molecule has 2 aromatic heterocycles. The molecule has 1 saturated heterocycles. The number of rotatable bonds is 3. The van der Waals surface area contributed by atoms with Gasteiger partial charge >= 0.3 is 0 Å². The molecule has 0 aromatic carbocycles. The summed E-state index contributed by atoms with van der Waals surface area (Å²) < 4.78 is 11.3. The number of ether oxygens (including phenoxy) is 1. The monoisotopic (exact) mass is 259 g/mol. The molecule has 1 aliphatic rings. The van der Waals surface area contributed by atoms with Crippen molar-refractivity contribution < 1.29 is 13.9 Å². The second-order valence-corrected chi connectivity index (χ2v) is 4.24. The fraction of sp³-hybridized carbons (Fsp3) is 0.308. The minimum atomic E-state index is -0.240. The summed E-state index contributed by atoms with van der Waals surface area (Å²) >= 11 is 0. The lowest BCUT2D eigenvalue weighted by Crippen LogP contribution is -2.36. The number of carbonyl (C=O) groups excluding carboxylic acids is 1. The Hall–Kier alpha value is -2.05. The van der Waals surface area contributed by atoms with E-state index in [1.54, 1.807) is 30.6 Å². The molecule has 2 unspecified atom stereocenters. The third-order valence-electron chi connectivity index (χ3n) is 2.94. The van der Waals surface area contributed by atoms with Gasteiger partial charge in [-0.05, 0) is 18.2 Å². The predicted molar refractivity (Wildman–Crippen MR) is 65.6 cm³/mol. The van der Waals surface area contributed by atoms with Crippen molar-refractivity contribution in [2.24, 2.45) is 0 Å². The second-order valence-electron chi connectivity index (χ2n) is 4.24. The summed E-state index contributed by atoms with van der Waals surface area (Å²) in [5.41, 5.74) is 0. The van der Waals surface area contributed by atoms with Gasteiger partial charge in [0, 0.05) is 25.5 Å². The van der Waals surface area contributed by atoms with Crippen LogP contribution in [0.5, 0.6) is 0 Å². The largest absolute Gasteiger partial charge is 0.455 e. The zero-order valence-corrected chi connectivity index (χ0v) is 10.2. The van der Waals surface area contributed by atoms with Crippen LogP contribution in [0.15, 0.2) is 35.0 Å². The van der Waals surface area contributed by atoms with Gasteiger partial charge in [0.25, 0.3) is 0 Å². The van der Waals surface area contributed by atoms with Gasteiger partial charge in [0.2, 0.25) is 0 Å². The van der Waals surface area contributed by atoms with Gasteiger partial charge in [-0.3, -0.25) is 4.79 Å². The molecule has 1 aliphatic heterocycles. The number of nitrogens with one attached hydrogen (secondary N) is 1. The maximum Gasteiger partial charge on any atom is 0.185 e. The van der Waals surface area contributed by atoms with Crippen molar-refractivity contribution in [2.45, 2.75) is 12.2 Å². The number of carbonyl (C=O) groups is 1. The number of aromatic nitrogens is 2. The van der Waals surface area contributed by atoms with Crippen LogP contribution in [0.25, 0.3) is 0 Å². The van der Waals surface area contributed by atoms with E-state index in [-0.39, 0.29) is 12.2 Å². The molecule has 0 aliphatic carbocycles. The van der Waals surface area contributed by atoms with Crippen LogP contribution in [0.3, 0.4) is 0 Å². The van der Waals surface area contributed by atoms with Crippen LogP contribution < -0.4 is 5.32 Å². The zero-order chi connectivity index (χ0) is 13.1. The molecular formula is C13H13N3O3. The van der Waals surface area contributed by atoms with E-state index in [0.29, 0.717) is 36.7 Å². The standard InChI is InChI=1S/C13H13N3O3/c17-8-9-2-3-10(18-9)11-6-14-7-12(19-11)13-15-4-1-5-16-13/h1-5,8,11-12,14H,6-7H2. The maximum atomic E-state index is 10.6. The lowest BCUT2D eigenvalue weighted by molar-refractivity contribution is -0.0545. The van der Waals surface area contributed by atoms with Gasteiger partial charge in [-0.25, -0.2) is 9.97 Å². The van der Waals surface area contributed by atoms with Gasteiger partial charge in [0.15, 0.2) is 17.9 Å². The van der Waals surface area contributed by atoms with E-state index in [9.17, 15) is 4.79 Å². The van der Waals surface area contributed by atoms with Crippen LogP contribution in [0.2, 0.25) is 0 Å². The number of aldehydes is 1. The lowest BCUT2D eigenvalue weighted by Gasteiger charge is -2.28. The van der Waals surface area contributed by atoms with Crippen LogP contribution in [0.4, 0.5) is 0 Å². The Morgan fingerprint density at radius 2 is 2.00 bits per heavy atom. The van der Waals surface area contributed by atoms with E-state index in [4.69, 9.17) is 9.15 Å². The molecule has 3 rings (SSSR count).